The first-order valence-corrected chi connectivity index (χ1v) is 6.35. The number of unbranched alkanes of at least 4 members (excludes halogenated alkanes) is 2. The summed E-state index contributed by atoms with van der Waals surface area (Å²) in [5.41, 5.74) is 3.71. The van der Waals surface area contributed by atoms with E-state index in [0.717, 1.165) is 25.0 Å². The zero-order valence-electron chi connectivity index (χ0n) is 11.3. The minimum Gasteiger partial charge on any atom is -0.273 e. The molecule has 94 valence electrons. The number of carbonyl (C=O) groups is 1. The van der Waals surface area contributed by atoms with Gasteiger partial charge in [0.05, 0.1) is 0 Å². The molecule has 3 heteroatoms. The highest BCUT2D eigenvalue weighted by Gasteiger charge is 2.10. The number of nitrogens with one attached hydrogen (secondary N) is 1. The summed E-state index contributed by atoms with van der Waals surface area (Å²) in [6.07, 6.45) is 3.79. The molecule has 0 bridgehead atoms. The van der Waals surface area contributed by atoms with Crippen molar-refractivity contribution < 1.29 is 4.79 Å². The van der Waals surface area contributed by atoms with Gasteiger partial charge < -0.3 is 0 Å². The van der Waals surface area contributed by atoms with Crippen LogP contribution in [0, 0.1) is 11.8 Å². The van der Waals surface area contributed by atoms with Gasteiger partial charge in [-0.3, -0.25) is 4.79 Å². The second kappa shape index (κ2) is 8.31. The summed E-state index contributed by atoms with van der Waals surface area (Å²) in [7, 11) is 0. The third-order valence-corrected chi connectivity index (χ3v) is 2.50. The van der Waals surface area contributed by atoms with E-state index in [0.29, 0.717) is 18.3 Å². The molecule has 1 N–H and O–H groups in total. The van der Waals surface area contributed by atoms with Gasteiger partial charge in [0.25, 0.3) is 0 Å². The maximum Gasteiger partial charge on any atom is 0.240 e. The molecule has 0 spiro atoms. The van der Waals surface area contributed by atoms with E-state index in [1.165, 1.54) is 0 Å². The highest BCUT2D eigenvalue weighted by atomic mass is 16.2. The molecule has 0 atom stereocenters. The zero-order chi connectivity index (χ0) is 12.6. The normalized spacial score (nSPS) is 10.7. The molecular weight excluding hydrogens is 200 g/mol. The largest absolute Gasteiger partial charge is 0.273 e. The summed E-state index contributed by atoms with van der Waals surface area (Å²) >= 11 is 0. The average molecular weight is 226 g/mol. The third-order valence-electron chi connectivity index (χ3n) is 2.50. The number of amides is 1. The van der Waals surface area contributed by atoms with Crippen LogP contribution in [0.2, 0.25) is 0 Å². The first-order chi connectivity index (χ1) is 7.49. The number of hydrazone groups is 1. The predicted octanol–water partition coefficient (Wildman–Crippen LogP) is 3.35. The average Bonchev–Trinajstić information content (AvgIpc) is 2.17. The highest BCUT2D eigenvalue weighted by Crippen LogP contribution is 2.07. The molecule has 0 rings (SSSR count). The van der Waals surface area contributed by atoms with Crippen molar-refractivity contribution in [3.8, 4) is 0 Å². The Morgan fingerprint density at radius 2 is 1.69 bits per heavy atom. The lowest BCUT2D eigenvalue weighted by atomic mass is 9.98. The number of nitrogens with zero attached hydrogens (tertiary/aromatic N) is 1. The molecule has 1 amide bonds. The van der Waals surface area contributed by atoms with Gasteiger partial charge in [0.2, 0.25) is 5.91 Å². The van der Waals surface area contributed by atoms with Gasteiger partial charge in [-0.25, -0.2) is 5.43 Å². The highest BCUT2D eigenvalue weighted by molar-refractivity contribution is 5.89. The van der Waals surface area contributed by atoms with Crippen molar-refractivity contribution in [2.24, 2.45) is 16.9 Å². The Bertz CT molecular complexity index is 222. The lowest BCUT2D eigenvalue weighted by Gasteiger charge is -2.13. The lowest BCUT2D eigenvalue weighted by molar-refractivity contribution is -0.121. The van der Waals surface area contributed by atoms with Crippen LogP contribution in [0.15, 0.2) is 5.10 Å². The molecule has 0 aliphatic rings. The lowest BCUT2D eigenvalue weighted by Crippen LogP contribution is -2.24. The van der Waals surface area contributed by atoms with Crippen LogP contribution in [-0.4, -0.2) is 11.6 Å². The van der Waals surface area contributed by atoms with Crippen molar-refractivity contribution in [2.45, 2.75) is 60.3 Å². The molecule has 16 heavy (non-hydrogen) atoms. The molecule has 0 saturated carbocycles. The summed E-state index contributed by atoms with van der Waals surface area (Å²) in [6, 6.07) is 0. The quantitative estimate of drug-likeness (QED) is 0.404. The Kier molecular flexibility index (Phi) is 7.86. The van der Waals surface area contributed by atoms with Gasteiger partial charge in [-0.2, -0.15) is 5.10 Å². The van der Waals surface area contributed by atoms with Gasteiger partial charge in [0, 0.05) is 12.1 Å². The van der Waals surface area contributed by atoms with Crippen LogP contribution in [0.25, 0.3) is 0 Å². The third kappa shape index (κ3) is 6.59. The summed E-state index contributed by atoms with van der Waals surface area (Å²) in [5.74, 6) is 0.805. The van der Waals surface area contributed by atoms with Crippen LogP contribution >= 0.6 is 0 Å². The maximum absolute atomic E-state index is 11.4. The van der Waals surface area contributed by atoms with Crippen molar-refractivity contribution in [1.29, 1.82) is 0 Å². The van der Waals surface area contributed by atoms with Gasteiger partial charge in [-0.05, 0) is 18.3 Å². The first kappa shape index (κ1) is 15.1. The van der Waals surface area contributed by atoms with Crippen molar-refractivity contribution in [2.75, 3.05) is 0 Å². The fourth-order valence-corrected chi connectivity index (χ4v) is 1.64. The maximum atomic E-state index is 11.4. The van der Waals surface area contributed by atoms with Crippen molar-refractivity contribution >= 4 is 11.6 Å². The molecule has 0 aliphatic heterocycles. The fraction of sp³-hybridized carbons (Fsp3) is 0.846. The fourth-order valence-electron chi connectivity index (χ4n) is 1.64. The Balaban J connectivity index is 4.07. The van der Waals surface area contributed by atoms with Gasteiger partial charge in [0.1, 0.15) is 0 Å². The van der Waals surface area contributed by atoms with E-state index in [9.17, 15) is 4.79 Å². The van der Waals surface area contributed by atoms with Crippen LogP contribution in [0.5, 0.6) is 0 Å². The molecule has 0 heterocycles. The van der Waals surface area contributed by atoms with Gasteiger partial charge in [-0.1, -0.05) is 47.5 Å². The molecule has 0 aromatic rings. The van der Waals surface area contributed by atoms with E-state index < -0.39 is 0 Å². The van der Waals surface area contributed by atoms with Crippen molar-refractivity contribution in [3.05, 3.63) is 0 Å². The predicted molar refractivity (Wildman–Crippen MR) is 69.4 cm³/mol. The monoisotopic (exact) mass is 226 g/mol. The summed E-state index contributed by atoms with van der Waals surface area (Å²) < 4.78 is 0. The van der Waals surface area contributed by atoms with E-state index in [2.05, 4.69) is 45.1 Å². The first-order valence-electron chi connectivity index (χ1n) is 6.35. The Morgan fingerprint density at radius 3 is 2.12 bits per heavy atom. The minimum absolute atomic E-state index is 0.0345. The molecule has 0 radical (unpaired) electrons. The van der Waals surface area contributed by atoms with Crippen LogP contribution in [0.3, 0.4) is 0 Å². The molecule has 3 nitrogen and oxygen atoms in total. The molecule has 0 aliphatic carbocycles. The number of rotatable bonds is 7. The number of carbonyl (C=O) groups excluding carboxylic acids is 1. The number of hydrogen-bond acceptors (Lipinski definition) is 2. The van der Waals surface area contributed by atoms with Crippen molar-refractivity contribution in [3.63, 3.8) is 0 Å². The second-order valence-electron chi connectivity index (χ2n) is 4.84. The summed E-state index contributed by atoms with van der Waals surface area (Å²) in [5, 5.41) is 4.22. The van der Waals surface area contributed by atoms with Gasteiger partial charge >= 0.3 is 0 Å². The number of hydrogen-bond donors (Lipinski definition) is 1. The van der Waals surface area contributed by atoms with Crippen LogP contribution in [-0.2, 0) is 4.79 Å². The molecule has 0 aromatic carbocycles. The summed E-state index contributed by atoms with van der Waals surface area (Å²) in [6.45, 7) is 10.5. The molecule has 0 aromatic heterocycles. The van der Waals surface area contributed by atoms with Crippen molar-refractivity contribution in [1.82, 2.24) is 5.43 Å². The summed E-state index contributed by atoms with van der Waals surface area (Å²) in [4.78, 5) is 11.4. The smallest absolute Gasteiger partial charge is 0.240 e. The van der Waals surface area contributed by atoms with Crippen LogP contribution < -0.4 is 5.43 Å². The van der Waals surface area contributed by atoms with Crippen LogP contribution in [0.1, 0.15) is 60.3 Å². The van der Waals surface area contributed by atoms with Gasteiger partial charge in [-0.15, -0.1) is 0 Å². The Labute approximate surface area is 99.7 Å². The van der Waals surface area contributed by atoms with E-state index in [1.54, 1.807) is 0 Å². The molecule has 0 fully saturated rings. The van der Waals surface area contributed by atoms with E-state index in [4.69, 9.17) is 0 Å². The topological polar surface area (TPSA) is 41.5 Å². The minimum atomic E-state index is 0.0345. The zero-order valence-corrected chi connectivity index (χ0v) is 11.3. The molecule has 0 saturated heterocycles. The van der Waals surface area contributed by atoms with E-state index >= 15 is 0 Å². The van der Waals surface area contributed by atoms with Gasteiger partial charge in [0.15, 0.2) is 0 Å². The standard InChI is InChI=1S/C13H26N2O/c1-6-7-8-9-12(16)14-15-13(10(2)3)11(4)5/h10-11H,6-9H2,1-5H3,(H,14,16). The van der Waals surface area contributed by atoms with E-state index in [-0.39, 0.29) is 5.91 Å². The van der Waals surface area contributed by atoms with E-state index in [1.807, 2.05) is 0 Å². The Hall–Kier alpha value is -0.860. The second-order valence-corrected chi connectivity index (χ2v) is 4.84. The molecule has 0 unspecified atom stereocenters. The molecular formula is C13H26N2O. The van der Waals surface area contributed by atoms with Crippen LogP contribution in [0.4, 0.5) is 0 Å². The Morgan fingerprint density at radius 1 is 1.12 bits per heavy atom. The SMILES string of the molecule is CCCCCC(=O)NN=C(C(C)C)C(C)C.